The van der Waals surface area contributed by atoms with Gasteiger partial charge in [0, 0.05) is 6.20 Å². The Morgan fingerprint density at radius 2 is 2.31 bits per heavy atom. The van der Waals surface area contributed by atoms with E-state index in [9.17, 15) is 4.79 Å². The van der Waals surface area contributed by atoms with Crippen molar-refractivity contribution in [1.82, 2.24) is 9.97 Å². The average molecular weight is 298 g/mol. The molecule has 0 unspecified atom stereocenters. The molecule has 0 aliphatic heterocycles. The first-order valence-electron chi connectivity index (χ1n) is 4.50. The number of nitrogens with one attached hydrogen (secondary N) is 1. The first-order chi connectivity index (χ1) is 7.68. The predicted molar refractivity (Wildman–Crippen MR) is 66.7 cm³/mol. The molecule has 0 aliphatic rings. The standard InChI is InChI=1S/C10H8BrN3OS/c1-6-8(16-5-13-6)10(15)14-7-3-2-4-12-9(7)11/h2-5H,1H3,(H,14,15). The van der Waals surface area contributed by atoms with Crippen molar-refractivity contribution in [2.75, 3.05) is 5.32 Å². The maximum absolute atomic E-state index is 11.9. The zero-order valence-electron chi connectivity index (χ0n) is 8.40. The smallest absolute Gasteiger partial charge is 0.267 e. The number of hydrogen-bond donors (Lipinski definition) is 1. The summed E-state index contributed by atoms with van der Waals surface area (Å²) < 4.78 is 0.616. The van der Waals surface area contributed by atoms with Gasteiger partial charge >= 0.3 is 0 Å². The van der Waals surface area contributed by atoms with Crippen molar-refractivity contribution in [2.24, 2.45) is 0 Å². The Bertz CT molecular complexity index is 526. The predicted octanol–water partition coefficient (Wildman–Crippen LogP) is 2.86. The molecule has 0 bridgehead atoms. The number of rotatable bonds is 2. The van der Waals surface area contributed by atoms with E-state index in [1.54, 1.807) is 23.8 Å². The van der Waals surface area contributed by atoms with E-state index in [2.05, 4.69) is 31.2 Å². The van der Waals surface area contributed by atoms with Gasteiger partial charge in [-0.1, -0.05) is 0 Å². The molecule has 0 fully saturated rings. The molecular weight excluding hydrogens is 290 g/mol. The lowest BCUT2D eigenvalue weighted by Crippen LogP contribution is -2.12. The SMILES string of the molecule is Cc1ncsc1C(=O)Nc1cccnc1Br. The Morgan fingerprint density at radius 3 is 2.94 bits per heavy atom. The van der Waals surface area contributed by atoms with Gasteiger partial charge in [0.15, 0.2) is 0 Å². The van der Waals surface area contributed by atoms with Gasteiger partial charge in [-0.3, -0.25) is 4.79 Å². The molecule has 2 rings (SSSR count). The summed E-state index contributed by atoms with van der Waals surface area (Å²) in [5.41, 5.74) is 3.05. The van der Waals surface area contributed by atoms with Gasteiger partial charge in [-0.2, -0.15) is 0 Å². The number of anilines is 1. The number of carbonyl (C=O) groups excluding carboxylic acids is 1. The first-order valence-corrected chi connectivity index (χ1v) is 6.17. The molecule has 16 heavy (non-hydrogen) atoms. The number of carbonyl (C=O) groups is 1. The van der Waals surface area contributed by atoms with Gasteiger partial charge in [-0.15, -0.1) is 11.3 Å². The van der Waals surface area contributed by atoms with Gasteiger partial charge in [0.05, 0.1) is 16.9 Å². The number of aryl methyl sites for hydroxylation is 1. The number of thiazole rings is 1. The Kier molecular flexibility index (Phi) is 3.31. The van der Waals surface area contributed by atoms with Crippen LogP contribution in [-0.4, -0.2) is 15.9 Å². The molecule has 4 nitrogen and oxygen atoms in total. The Labute approximate surface area is 105 Å². The Balaban J connectivity index is 2.21. The van der Waals surface area contributed by atoms with Crippen LogP contribution in [0, 0.1) is 6.92 Å². The lowest BCUT2D eigenvalue weighted by molar-refractivity contribution is 0.102. The second-order valence-electron chi connectivity index (χ2n) is 3.06. The highest BCUT2D eigenvalue weighted by molar-refractivity contribution is 9.10. The molecule has 0 radical (unpaired) electrons. The molecule has 0 atom stereocenters. The van der Waals surface area contributed by atoms with E-state index in [1.165, 1.54) is 11.3 Å². The van der Waals surface area contributed by atoms with Crippen molar-refractivity contribution in [1.29, 1.82) is 0 Å². The molecule has 2 heterocycles. The van der Waals surface area contributed by atoms with Gasteiger partial charge in [0.1, 0.15) is 9.48 Å². The fourth-order valence-corrected chi connectivity index (χ4v) is 2.23. The van der Waals surface area contributed by atoms with Crippen molar-refractivity contribution < 1.29 is 4.79 Å². The van der Waals surface area contributed by atoms with E-state index in [-0.39, 0.29) is 5.91 Å². The summed E-state index contributed by atoms with van der Waals surface area (Å²) in [5.74, 6) is -0.159. The van der Waals surface area contributed by atoms with Crippen LogP contribution in [0.25, 0.3) is 0 Å². The number of hydrogen-bond acceptors (Lipinski definition) is 4. The third-order valence-electron chi connectivity index (χ3n) is 1.96. The van der Waals surface area contributed by atoms with E-state index in [0.29, 0.717) is 15.2 Å². The topological polar surface area (TPSA) is 54.9 Å². The second-order valence-corrected chi connectivity index (χ2v) is 4.67. The number of halogens is 1. The van der Waals surface area contributed by atoms with E-state index in [4.69, 9.17) is 0 Å². The molecule has 2 aromatic heterocycles. The summed E-state index contributed by atoms with van der Waals surface area (Å²) in [6.07, 6.45) is 1.65. The average Bonchev–Trinajstić information content (AvgIpc) is 2.68. The van der Waals surface area contributed by atoms with Gasteiger partial charge in [0.25, 0.3) is 5.91 Å². The molecule has 1 amide bonds. The van der Waals surface area contributed by atoms with Crippen LogP contribution in [0.15, 0.2) is 28.4 Å². The van der Waals surface area contributed by atoms with E-state index >= 15 is 0 Å². The lowest BCUT2D eigenvalue weighted by Gasteiger charge is -2.04. The highest BCUT2D eigenvalue weighted by Crippen LogP contribution is 2.20. The fraction of sp³-hybridized carbons (Fsp3) is 0.100. The zero-order valence-corrected chi connectivity index (χ0v) is 10.8. The third kappa shape index (κ3) is 2.28. The highest BCUT2D eigenvalue weighted by atomic mass is 79.9. The van der Waals surface area contributed by atoms with Crippen LogP contribution in [0.3, 0.4) is 0 Å². The summed E-state index contributed by atoms with van der Waals surface area (Å²) in [4.78, 5) is 20.5. The lowest BCUT2D eigenvalue weighted by atomic mass is 10.3. The van der Waals surface area contributed by atoms with Crippen LogP contribution in [0.2, 0.25) is 0 Å². The number of aromatic nitrogens is 2. The second kappa shape index (κ2) is 4.71. The van der Waals surface area contributed by atoms with Crippen LogP contribution in [0.1, 0.15) is 15.4 Å². The normalized spacial score (nSPS) is 10.1. The molecular formula is C10H8BrN3OS. The fourth-order valence-electron chi connectivity index (χ4n) is 1.18. The summed E-state index contributed by atoms with van der Waals surface area (Å²) in [7, 11) is 0. The van der Waals surface area contributed by atoms with Crippen molar-refractivity contribution >= 4 is 38.9 Å². The van der Waals surface area contributed by atoms with Crippen molar-refractivity contribution in [3.05, 3.63) is 39.0 Å². The minimum Gasteiger partial charge on any atom is -0.319 e. The minimum atomic E-state index is -0.159. The maximum Gasteiger partial charge on any atom is 0.267 e. The maximum atomic E-state index is 11.9. The summed E-state index contributed by atoms with van der Waals surface area (Å²) in [6.45, 7) is 1.81. The van der Waals surface area contributed by atoms with Gasteiger partial charge < -0.3 is 5.32 Å². The highest BCUT2D eigenvalue weighted by Gasteiger charge is 2.12. The molecule has 0 aromatic carbocycles. The number of pyridine rings is 1. The molecule has 0 aliphatic carbocycles. The Morgan fingerprint density at radius 1 is 1.50 bits per heavy atom. The van der Waals surface area contributed by atoms with Crippen LogP contribution in [0.5, 0.6) is 0 Å². The molecule has 1 N–H and O–H groups in total. The van der Waals surface area contributed by atoms with Crippen LogP contribution < -0.4 is 5.32 Å². The first kappa shape index (κ1) is 11.2. The van der Waals surface area contributed by atoms with Crippen molar-refractivity contribution in [2.45, 2.75) is 6.92 Å². The van der Waals surface area contributed by atoms with Crippen LogP contribution >= 0.6 is 27.3 Å². The van der Waals surface area contributed by atoms with E-state index < -0.39 is 0 Å². The third-order valence-corrected chi connectivity index (χ3v) is 3.52. The van der Waals surface area contributed by atoms with E-state index in [1.807, 2.05) is 6.92 Å². The molecule has 0 saturated carbocycles. The quantitative estimate of drug-likeness (QED) is 0.867. The van der Waals surface area contributed by atoms with Crippen LogP contribution in [-0.2, 0) is 0 Å². The Hall–Kier alpha value is -1.27. The molecule has 0 spiro atoms. The molecule has 82 valence electrons. The number of nitrogens with zero attached hydrogens (tertiary/aromatic N) is 2. The summed E-state index contributed by atoms with van der Waals surface area (Å²) >= 11 is 4.59. The molecule has 6 heteroatoms. The van der Waals surface area contributed by atoms with E-state index in [0.717, 1.165) is 5.69 Å². The minimum absolute atomic E-state index is 0.159. The van der Waals surface area contributed by atoms with Gasteiger partial charge in [-0.05, 0) is 35.0 Å². The summed E-state index contributed by atoms with van der Waals surface area (Å²) in [6, 6.07) is 3.55. The van der Waals surface area contributed by atoms with Crippen molar-refractivity contribution in [3.8, 4) is 0 Å². The number of amides is 1. The van der Waals surface area contributed by atoms with Crippen molar-refractivity contribution in [3.63, 3.8) is 0 Å². The van der Waals surface area contributed by atoms with Gasteiger partial charge in [0.2, 0.25) is 0 Å². The zero-order chi connectivity index (χ0) is 11.5. The monoisotopic (exact) mass is 297 g/mol. The van der Waals surface area contributed by atoms with Crippen LogP contribution in [0.4, 0.5) is 5.69 Å². The summed E-state index contributed by atoms with van der Waals surface area (Å²) in [5, 5.41) is 2.78. The molecule has 0 saturated heterocycles. The molecule has 2 aromatic rings. The largest absolute Gasteiger partial charge is 0.319 e. The van der Waals surface area contributed by atoms with Gasteiger partial charge in [-0.25, -0.2) is 9.97 Å².